The molecule has 0 aromatic heterocycles. The highest BCUT2D eigenvalue weighted by atomic mass is 32.2. The number of fused-ring (bicyclic) bond motifs is 1. The van der Waals surface area contributed by atoms with E-state index in [2.05, 4.69) is 16.9 Å². The third-order valence-corrected chi connectivity index (χ3v) is 3.56. The van der Waals surface area contributed by atoms with Crippen molar-refractivity contribution in [2.24, 2.45) is 0 Å². The minimum absolute atomic E-state index is 0.255. The summed E-state index contributed by atoms with van der Waals surface area (Å²) in [6.45, 7) is 1.06. The van der Waals surface area contributed by atoms with Crippen LogP contribution in [0.15, 0.2) is 42.5 Å². The van der Waals surface area contributed by atoms with Crippen molar-refractivity contribution in [2.75, 3.05) is 13.9 Å². The quantitative estimate of drug-likeness (QED) is 0.531. The molecule has 1 aliphatic rings. The second-order valence-corrected chi connectivity index (χ2v) is 4.98. The average molecular weight is 289 g/mol. The lowest BCUT2D eigenvalue weighted by Crippen LogP contribution is -2.12. The molecule has 3 rings (SSSR count). The largest absolute Gasteiger partial charge is 0.468 e. The Balaban J connectivity index is 1.89. The summed E-state index contributed by atoms with van der Waals surface area (Å²) in [5.74, 6) is 1.72. The second kappa shape index (κ2) is 6.17. The van der Waals surface area contributed by atoms with Crippen LogP contribution in [0, 0.1) is 0 Å². The number of hydrogen-bond acceptors (Lipinski definition) is 5. The lowest BCUT2D eigenvalue weighted by molar-refractivity contribution is 0.0511. The van der Waals surface area contributed by atoms with E-state index in [0.29, 0.717) is 0 Å². The zero-order chi connectivity index (χ0) is 13.8. The van der Waals surface area contributed by atoms with Crippen LogP contribution in [0.3, 0.4) is 0 Å². The second-order valence-electron chi connectivity index (χ2n) is 4.36. The summed E-state index contributed by atoms with van der Waals surface area (Å²) in [5, 5.41) is 0. The maximum absolute atomic E-state index is 5.66. The monoisotopic (exact) mass is 289 g/mol. The topological polar surface area (TPSA) is 39.7 Å². The van der Waals surface area contributed by atoms with E-state index in [1.54, 1.807) is 7.11 Å². The molecule has 1 heterocycles. The van der Waals surface area contributed by atoms with Gasteiger partial charge in [0.15, 0.2) is 12.5 Å². The first-order valence-corrected chi connectivity index (χ1v) is 7.03. The fourth-order valence-corrected chi connectivity index (χ4v) is 2.64. The van der Waals surface area contributed by atoms with E-state index in [4.69, 9.17) is 13.7 Å². The first-order valence-electron chi connectivity index (χ1n) is 6.29. The van der Waals surface area contributed by atoms with Gasteiger partial charge in [0.05, 0.1) is 0 Å². The Hall–Kier alpha value is -1.69. The van der Waals surface area contributed by atoms with Gasteiger partial charge in [-0.25, -0.2) is 4.72 Å². The number of rotatable bonds is 4. The molecule has 0 radical (unpaired) electrons. The fourth-order valence-electron chi connectivity index (χ4n) is 2.09. The van der Waals surface area contributed by atoms with Gasteiger partial charge in [0, 0.05) is 24.8 Å². The zero-order valence-corrected chi connectivity index (χ0v) is 11.9. The Bertz CT molecular complexity index is 586. The molecule has 104 valence electrons. The number of methoxy groups -OCH3 is 1. The van der Waals surface area contributed by atoms with E-state index in [1.165, 1.54) is 17.8 Å². The van der Waals surface area contributed by atoms with Crippen molar-refractivity contribution in [3.63, 3.8) is 0 Å². The maximum atomic E-state index is 5.66. The summed E-state index contributed by atoms with van der Waals surface area (Å²) in [6.07, 6.45) is 0. The maximum Gasteiger partial charge on any atom is 0.188 e. The van der Waals surface area contributed by atoms with Gasteiger partial charge < -0.3 is 13.7 Å². The van der Waals surface area contributed by atoms with Crippen molar-refractivity contribution in [1.29, 1.82) is 0 Å². The number of benzene rings is 2. The predicted molar refractivity (Wildman–Crippen MR) is 79.4 cm³/mol. The van der Waals surface area contributed by atoms with Crippen LogP contribution in [0.5, 0.6) is 11.5 Å². The van der Waals surface area contributed by atoms with Gasteiger partial charge in [0.2, 0.25) is 0 Å². The fraction of sp³-hybridized carbons (Fsp3) is 0.200. The molecule has 0 spiro atoms. The molecular weight excluding hydrogens is 274 g/mol. The van der Waals surface area contributed by atoms with E-state index < -0.39 is 0 Å². The van der Waals surface area contributed by atoms with Crippen molar-refractivity contribution in [3.05, 3.63) is 48.0 Å². The van der Waals surface area contributed by atoms with Crippen molar-refractivity contribution in [2.45, 2.75) is 6.54 Å². The van der Waals surface area contributed by atoms with Gasteiger partial charge in [0.25, 0.3) is 0 Å². The smallest absolute Gasteiger partial charge is 0.188 e. The molecule has 5 heteroatoms. The summed E-state index contributed by atoms with van der Waals surface area (Å²) in [5.41, 5.74) is 3.37. The van der Waals surface area contributed by atoms with Crippen LogP contribution in [0.2, 0.25) is 0 Å². The van der Waals surface area contributed by atoms with E-state index >= 15 is 0 Å². The summed E-state index contributed by atoms with van der Waals surface area (Å²) < 4.78 is 19.0. The van der Waals surface area contributed by atoms with E-state index in [-0.39, 0.29) is 6.79 Å². The van der Waals surface area contributed by atoms with E-state index in [1.807, 2.05) is 30.3 Å². The molecule has 0 saturated carbocycles. The SMILES string of the molecule is COCOc1ccc(-c2cccc3c2OSNC3)cc1. The molecule has 1 N–H and O–H groups in total. The highest BCUT2D eigenvalue weighted by molar-refractivity contribution is 7.93. The third-order valence-electron chi connectivity index (χ3n) is 3.05. The van der Waals surface area contributed by atoms with Crippen LogP contribution in [0.1, 0.15) is 5.56 Å². The lowest BCUT2D eigenvalue weighted by atomic mass is 10.0. The minimum Gasteiger partial charge on any atom is -0.468 e. The lowest BCUT2D eigenvalue weighted by Gasteiger charge is -2.19. The van der Waals surface area contributed by atoms with Gasteiger partial charge >= 0.3 is 0 Å². The van der Waals surface area contributed by atoms with E-state index in [9.17, 15) is 0 Å². The van der Waals surface area contributed by atoms with Gasteiger partial charge in [-0.15, -0.1) is 0 Å². The van der Waals surface area contributed by atoms with Crippen LogP contribution >= 0.6 is 12.2 Å². The Morgan fingerprint density at radius 2 is 2.05 bits per heavy atom. The molecule has 0 unspecified atom stereocenters. The van der Waals surface area contributed by atoms with Crippen molar-refractivity contribution >= 4 is 12.2 Å². The summed E-state index contributed by atoms with van der Waals surface area (Å²) in [6, 6.07) is 14.1. The molecule has 2 aromatic carbocycles. The Kier molecular flexibility index (Phi) is 4.11. The molecule has 0 aliphatic carbocycles. The first kappa shape index (κ1) is 13.3. The number of hydrogen-bond donors (Lipinski definition) is 1. The highest BCUT2D eigenvalue weighted by Crippen LogP contribution is 2.37. The normalized spacial score (nSPS) is 13.4. The van der Waals surface area contributed by atoms with Gasteiger partial charge in [-0.2, -0.15) is 0 Å². The molecule has 0 saturated heterocycles. The Morgan fingerprint density at radius 3 is 2.85 bits per heavy atom. The van der Waals surface area contributed by atoms with Gasteiger partial charge in [-0.05, 0) is 17.7 Å². The summed E-state index contributed by atoms with van der Waals surface area (Å²) >= 11 is 1.27. The number of nitrogens with one attached hydrogen (secondary N) is 1. The van der Waals surface area contributed by atoms with Crippen molar-refractivity contribution in [3.8, 4) is 22.6 Å². The van der Waals surface area contributed by atoms with E-state index in [0.717, 1.165) is 29.2 Å². The molecule has 2 aromatic rings. The number of ether oxygens (including phenoxy) is 2. The predicted octanol–water partition coefficient (Wildman–Crippen LogP) is 3.38. The van der Waals surface area contributed by atoms with Crippen molar-refractivity contribution in [1.82, 2.24) is 4.72 Å². The number of para-hydroxylation sites is 1. The molecule has 0 amide bonds. The van der Waals surface area contributed by atoms with Crippen LogP contribution in [-0.2, 0) is 11.3 Å². The van der Waals surface area contributed by atoms with Crippen LogP contribution < -0.4 is 13.6 Å². The average Bonchev–Trinajstić information content (AvgIpc) is 2.53. The Morgan fingerprint density at radius 1 is 1.20 bits per heavy atom. The van der Waals surface area contributed by atoms with Crippen LogP contribution in [-0.4, -0.2) is 13.9 Å². The Labute approximate surface area is 122 Å². The minimum atomic E-state index is 0.255. The summed E-state index contributed by atoms with van der Waals surface area (Å²) in [4.78, 5) is 0. The molecule has 4 nitrogen and oxygen atoms in total. The van der Waals surface area contributed by atoms with Crippen molar-refractivity contribution < 1.29 is 13.7 Å². The molecule has 0 bridgehead atoms. The first-order chi connectivity index (χ1) is 9.88. The molecule has 0 fully saturated rings. The van der Waals surface area contributed by atoms with Crippen LogP contribution in [0.25, 0.3) is 11.1 Å². The molecule has 20 heavy (non-hydrogen) atoms. The van der Waals surface area contributed by atoms with Gasteiger partial charge in [-0.1, -0.05) is 30.3 Å². The highest BCUT2D eigenvalue weighted by Gasteiger charge is 2.16. The standard InChI is InChI=1S/C15H15NO3S/c1-17-10-18-13-7-5-11(6-8-13)14-4-2-3-12-9-16-20-19-15(12)14/h2-8,16H,9-10H2,1H3. The zero-order valence-electron chi connectivity index (χ0n) is 11.1. The summed E-state index contributed by atoms with van der Waals surface area (Å²) in [7, 11) is 1.60. The van der Waals surface area contributed by atoms with Gasteiger partial charge in [-0.3, -0.25) is 0 Å². The van der Waals surface area contributed by atoms with Gasteiger partial charge in [0.1, 0.15) is 18.0 Å². The molecule has 1 aliphatic heterocycles. The molecular formula is C15H15NO3S. The third kappa shape index (κ3) is 2.75. The molecule has 0 atom stereocenters. The van der Waals surface area contributed by atoms with Crippen LogP contribution in [0.4, 0.5) is 0 Å².